The minimum absolute atomic E-state index is 0.0388. The van der Waals surface area contributed by atoms with E-state index in [1.807, 2.05) is 12.1 Å². The van der Waals surface area contributed by atoms with Gasteiger partial charge in [0.2, 0.25) is 0 Å². The van der Waals surface area contributed by atoms with E-state index in [2.05, 4.69) is 9.97 Å². The molecule has 0 aliphatic carbocycles. The molecular formula is C25H23ClF3N3O4. The second-order valence-corrected chi connectivity index (χ2v) is 9.27. The Morgan fingerprint density at radius 1 is 1.06 bits per heavy atom. The molecule has 5 atom stereocenters. The number of aromatic nitrogens is 2. The van der Waals surface area contributed by atoms with Crippen molar-refractivity contribution in [1.82, 2.24) is 9.97 Å². The van der Waals surface area contributed by atoms with Crippen molar-refractivity contribution in [3.8, 4) is 16.9 Å². The van der Waals surface area contributed by atoms with Gasteiger partial charge in [-0.05, 0) is 37.3 Å². The second-order valence-electron chi connectivity index (χ2n) is 8.84. The Morgan fingerprint density at radius 3 is 2.53 bits per heavy atom. The molecule has 0 bridgehead atoms. The number of pyridine rings is 2. The highest BCUT2D eigenvalue weighted by Gasteiger charge is 2.48. The third-order valence-electron chi connectivity index (χ3n) is 6.47. The molecule has 0 spiro atoms. The van der Waals surface area contributed by atoms with Gasteiger partial charge in [0, 0.05) is 39.8 Å². The van der Waals surface area contributed by atoms with E-state index in [-0.39, 0.29) is 46.9 Å². The number of halogens is 4. The van der Waals surface area contributed by atoms with E-state index in [1.165, 1.54) is 25.3 Å². The van der Waals surface area contributed by atoms with Crippen molar-refractivity contribution >= 4 is 17.4 Å². The Balaban J connectivity index is 1.37. The maximum atomic E-state index is 13.5. The Bertz CT molecular complexity index is 1260. The summed E-state index contributed by atoms with van der Waals surface area (Å²) in [6.07, 6.45) is -3.61. The van der Waals surface area contributed by atoms with E-state index in [4.69, 9.17) is 31.5 Å². The van der Waals surface area contributed by atoms with Crippen molar-refractivity contribution in [3.05, 3.63) is 70.6 Å². The summed E-state index contributed by atoms with van der Waals surface area (Å²) in [4.78, 5) is 8.70. The first-order chi connectivity index (χ1) is 17.1. The molecule has 7 nitrogen and oxygen atoms in total. The minimum Gasteiger partial charge on any atom is -0.482 e. The summed E-state index contributed by atoms with van der Waals surface area (Å²) in [5, 5.41) is 10.1. The van der Waals surface area contributed by atoms with Crippen LogP contribution in [0.2, 0.25) is 5.02 Å². The van der Waals surface area contributed by atoms with E-state index in [0.29, 0.717) is 17.7 Å². The molecule has 11 heteroatoms. The topological polar surface area (TPSA) is 99.7 Å². The molecule has 0 unspecified atom stereocenters. The van der Waals surface area contributed by atoms with Gasteiger partial charge in [-0.25, -0.2) is 4.98 Å². The van der Waals surface area contributed by atoms with Gasteiger partial charge in [0.1, 0.15) is 18.3 Å². The zero-order chi connectivity index (χ0) is 25.6. The van der Waals surface area contributed by atoms with Crippen LogP contribution in [0.15, 0.2) is 48.8 Å². The molecule has 2 aliphatic rings. The van der Waals surface area contributed by atoms with Crippen molar-refractivity contribution in [2.24, 2.45) is 0 Å². The number of anilines is 1. The normalized spacial score (nSPS) is 24.5. The summed E-state index contributed by atoms with van der Waals surface area (Å²) in [7, 11) is 0. The summed E-state index contributed by atoms with van der Waals surface area (Å²) in [5.41, 5.74) is 7.13. The van der Waals surface area contributed by atoms with Gasteiger partial charge in [-0.2, -0.15) is 13.2 Å². The summed E-state index contributed by atoms with van der Waals surface area (Å²) in [6, 6.07) is 8.65. The van der Waals surface area contributed by atoms with Gasteiger partial charge in [-0.15, -0.1) is 0 Å². The average molecular weight is 522 g/mol. The van der Waals surface area contributed by atoms with Crippen molar-refractivity contribution in [3.63, 3.8) is 0 Å². The molecule has 0 amide bonds. The third-order valence-corrected chi connectivity index (χ3v) is 6.70. The third kappa shape index (κ3) is 4.73. The second kappa shape index (κ2) is 9.51. The van der Waals surface area contributed by atoms with Crippen molar-refractivity contribution in [2.75, 3.05) is 18.9 Å². The fourth-order valence-corrected chi connectivity index (χ4v) is 4.80. The molecule has 2 aromatic heterocycles. The number of benzene rings is 1. The fourth-order valence-electron chi connectivity index (χ4n) is 4.62. The standard InChI is InChI=1S/C25H23ClF3N3O4/c1-12(16-7-15(26)3-4-18(16)25(27,28)29)36-21-6-14(9-32-24(21)30)13-2-5-19(31-8-13)17-10-34-23-20(33)11-35-22(17)23/h2-9,12,17,20,22-23,33H,10-11H2,1H3,(H2,30,32)/t12-,17+,20+,22+,23+/m0/s1. The number of hydrogen-bond donors (Lipinski definition) is 2. The molecule has 3 N–H and O–H groups in total. The quantitative estimate of drug-likeness (QED) is 0.498. The van der Waals surface area contributed by atoms with E-state index in [0.717, 1.165) is 11.8 Å². The Hall–Kier alpha value is -2.92. The smallest absolute Gasteiger partial charge is 0.416 e. The van der Waals surface area contributed by atoms with Gasteiger partial charge in [0.05, 0.1) is 30.8 Å². The molecule has 2 saturated heterocycles. The Labute approximate surface area is 210 Å². The summed E-state index contributed by atoms with van der Waals surface area (Å²) >= 11 is 5.95. The molecule has 2 aliphatic heterocycles. The highest BCUT2D eigenvalue weighted by Crippen LogP contribution is 2.39. The molecule has 1 aromatic carbocycles. The van der Waals surface area contributed by atoms with Gasteiger partial charge < -0.3 is 25.1 Å². The van der Waals surface area contributed by atoms with Crippen LogP contribution in [0.1, 0.15) is 35.8 Å². The van der Waals surface area contributed by atoms with Crippen LogP contribution >= 0.6 is 11.6 Å². The van der Waals surface area contributed by atoms with Crippen LogP contribution < -0.4 is 10.5 Å². The molecule has 4 heterocycles. The van der Waals surface area contributed by atoms with Crippen LogP contribution in [0.25, 0.3) is 11.1 Å². The van der Waals surface area contributed by atoms with E-state index in [1.54, 1.807) is 12.3 Å². The van der Waals surface area contributed by atoms with Gasteiger partial charge >= 0.3 is 6.18 Å². The maximum Gasteiger partial charge on any atom is 0.416 e. The lowest BCUT2D eigenvalue weighted by Crippen LogP contribution is -2.28. The Morgan fingerprint density at radius 2 is 1.81 bits per heavy atom. The van der Waals surface area contributed by atoms with Crippen LogP contribution in [0.3, 0.4) is 0 Å². The lowest BCUT2D eigenvalue weighted by Gasteiger charge is -2.21. The van der Waals surface area contributed by atoms with E-state index >= 15 is 0 Å². The predicted molar refractivity (Wildman–Crippen MR) is 126 cm³/mol. The number of aliphatic hydroxyl groups is 1. The van der Waals surface area contributed by atoms with Crippen LogP contribution in [0, 0.1) is 0 Å². The first-order valence-corrected chi connectivity index (χ1v) is 11.7. The molecule has 0 saturated carbocycles. The molecule has 3 aromatic rings. The van der Waals surface area contributed by atoms with Crippen molar-refractivity contribution in [1.29, 1.82) is 0 Å². The fraction of sp³-hybridized carbons (Fsp3) is 0.360. The number of hydrogen-bond acceptors (Lipinski definition) is 7. The van der Waals surface area contributed by atoms with Crippen LogP contribution in [-0.2, 0) is 15.7 Å². The highest BCUT2D eigenvalue weighted by molar-refractivity contribution is 6.30. The van der Waals surface area contributed by atoms with E-state index < -0.39 is 23.9 Å². The monoisotopic (exact) mass is 521 g/mol. The van der Waals surface area contributed by atoms with Crippen LogP contribution in [-0.4, -0.2) is 46.6 Å². The number of fused-ring (bicyclic) bond motifs is 1. The molecule has 36 heavy (non-hydrogen) atoms. The number of nitrogens with zero attached hydrogens (tertiary/aromatic N) is 2. The number of rotatable bonds is 5. The number of ether oxygens (including phenoxy) is 3. The van der Waals surface area contributed by atoms with Crippen molar-refractivity contribution in [2.45, 2.75) is 43.4 Å². The minimum atomic E-state index is -4.57. The predicted octanol–water partition coefficient (Wildman–Crippen LogP) is 4.78. The molecule has 2 fully saturated rings. The SMILES string of the molecule is C[C@H](Oc1cc(-c2ccc([C@H]3CO[C@H]4[C@@H]3OC[C@H]4O)nc2)cnc1N)c1cc(Cl)ccc1C(F)(F)F. The molecule has 190 valence electrons. The maximum absolute atomic E-state index is 13.5. The first kappa shape index (κ1) is 24.8. The molecule has 5 rings (SSSR count). The molecule has 0 radical (unpaired) electrons. The average Bonchev–Trinajstić information content (AvgIpc) is 3.42. The zero-order valence-corrected chi connectivity index (χ0v) is 19.8. The summed E-state index contributed by atoms with van der Waals surface area (Å²) in [5.74, 6) is 0.0837. The highest BCUT2D eigenvalue weighted by atomic mass is 35.5. The number of nitrogen functional groups attached to an aromatic ring is 1. The lowest BCUT2D eigenvalue weighted by atomic mass is 9.96. The lowest BCUT2D eigenvalue weighted by molar-refractivity contribution is -0.138. The summed E-state index contributed by atoms with van der Waals surface area (Å²) < 4.78 is 57.7. The summed E-state index contributed by atoms with van der Waals surface area (Å²) in [6.45, 7) is 2.13. The number of aliphatic hydroxyl groups excluding tert-OH is 1. The van der Waals surface area contributed by atoms with Crippen LogP contribution in [0.5, 0.6) is 5.75 Å². The van der Waals surface area contributed by atoms with Gasteiger partial charge in [-0.3, -0.25) is 4.98 Å². The number of nitrogens with two attached hydrogens (primary N) is 1. The van der Waals surface area contributed by atoms with E-state index in [9.17, 15) is 18.3 Å². The van der Waals surface area contributed by atoms with Crippen molar-refractivity contribution < 1.29 is 32.5 Å². The molecular weight excluding hydrogens is 499 g/mol. The number of alkyl halides is 3. The zero-order valence-electron chi connectivity index (χ0n) is 19.1. The van der Waals surface area contributed by atoms with Crippen LogP contribution in [0.4, 0.5) is 19.0 Å². The first-order valence-electron chi connectivity index (χ1n) is 11.3. The van der Waals surface area contributed by atoms with Gasteiger partial charge in [0.25, 0.3) is 0 Å². The van der Waals surface area contributed by atoms with Gasteiger partial charge in [0.15, 0.2) is 11.6 Å². The largest absolute Gasteiger partial charge is 0.482 e. The van der Waals surface area contributed by atoms with Gasteiger partial charge in [-0.1, -0.05) is 17.7 Å². The Kier molecular flexibility index (Phi) is 6.54.